The Morgan fingerprint density at radius 1 is 1.16 bits per heavy atom. The Hall–Kier alpha value is -1.03. The van der Waals surface area contributed by atoms with Gasteiger partial charge < -0.3 is 10.1 Å². The van der Waals surface area contributed by atoms with Crippen LogP contribution in [0.25, 0.3) is 0 Å². The van der Waals surface area contributed by atoms with E-state index in [1.807, 2.05) is 19.1 Å². The van der Waals surface area contributed by atoms with Crippen LogP contribution in [0.3, 0.4) is 0 Å². The van der Waals surface area contributed by atoms with E-state index < -0.39 is 0 Å². The first-order valence-corrected chi connectivity index (χ1v) is 10.1. The van der Waals surface area contributed by atoms with E-state index in [1.54, 1.807) is 7.11 Å². The lowest BCUT2D eigenvalue weighted by molar-refractivity contribution is -0.114. The van der Waals surface area contributed by atoms with E-state index in [9.17, 15) is 4.79 Å². The molecule has 4 aliphatic rings. The summed E-state index contributed by atoms with van der Waals surface area (Å²) in [7, 11) is 1.64. The van der Waals surface area contributed by atoms with Crippen molar-refractivity contribution >= 4 is 21.8 Å². The molecule has 0 heterocycles. The van der Waals surface area contributed by atoms with E-state index in [0.29, 0.717) is 22.1 Å². The van der Waals surface area contributed by atoms with Gasteiger partial charge in [0.25, 0.3) is 5.91 Å². The summed E-state index contributed by atoms with van der Waals surface area (Å²) >= 11 is 3.52. The number of hydrogen-bond donors (Lipinski definition) is 1. The van der Waals surface area contributed by atoms with Crippen LogP contribution in [0.5, 0.6) is 5.75 Å². The van der Waals surface area contributed by atoms with Gasteiger partial charge in [-0.15, -0.1) is 0 Å². The Kier molecular flexibility index (Phi) is 3.81. The van der Waals surface area contributed by atoms with Crippen molar-refractivity contribution in [2.75, 3.05) is 7.11 Å². The fourth-order valence-corrected chi connectivity index (χ4v) is 7.64. The molecule has 3 nitrogen and oxygen atoms in total. The molecule has 0 aromatic heterocycles. The number of hydrogen-bond acceptors (Lipinski definition) is 2. The van der Waals surface area contributed by atoms with E-state index in [2.05, 4.69) is 35.1 Å². The molecule has 5 rings (SSSR count). The first-order valence-electron chi connectivity index (χ1n) is 9.32. The fourth-order valence-electron chi connectivity index (χ4n) is 7.06. The number of amides is 1. The van der Waals surface area contributed by atoms with E-state index in [0.717, 1.165) is 35.2 Å². The average Bonchev–Trinajstić information content (AvgIpc) is 2.41. The molecule has 1 amide bonds. The highest BCUT2D eigenvalue weighted by Gasteiger charge is 2.60. The third kappa shape index (κ3) is 2.90. The number of carbonyl (C=O) groups is 1. The lowest BCUT2D eigenvalue weighted by atomic mass is 9.43. The maximum absolute atomic E-state index is 13.2. The molecule has 1 N–H and O–H groups in total. The highest BCUT2D eigenvalue weighted by molar-refractivity contribution is 9.10. The van der Waals surface area contributed by atoms with Crippen molar-refractivity contribution in [3.05, 3.63) is 27.7 Å². The second-order valence-corrected chi connectivity index (χ2v) is 10.6. The largest absolute Gasteiger partial charge is 0.496 e. The molecule has 25 heavy (non-hydrogen) atoms. The summed E-state index contributed by atoms with van der Waals surface area (Å²) in [6.07, 6.45) is 7.35. The predicted molar refractivity (Wildman–Crippen MR) is 103 cm³/mol. The molecule has 4 saturated carbocycles. The second kappa shape index (κ2) is 5.48. The van der Waals surface area contributed by atoms with E-state index in [4.69, 9.17) is 4.74 Å². The second-order valence-electron chi connectivity index (χ2n) is 9.67. The van der Waals surface area contributed by atoms with Gasteiger partial charge in [0.2, 0.25) is 0 Å². The van der Waals surface area contributed by atoms with Gasteiger partial charge in [0.05, 0.1) is 12.7 Å². The van der Waals surface area contributed by atoms with Gasteiger partial charge in [-0.25, -0.2) is 0 Å². The van der Waals surface area contributed by atoms with Crippen LogP contribution in [0, 0.1) is 23.7 Å². The minimum Gasteiger partial charge on any atom is -0.496 e. The van der Waals surface area contributed by atoms with Crippen LogP contribution >= 0.6 is 15.9 Å². The van der Waals surface area contributed by atoms with Gasteiger partial charge in [0, 0.05) is 10.0 Å². The SMILES string of the molecule is COc1c(C)cc(Br)cc1C(=O)NC12CC3C[C@@](C)(C1)C[C@](C)(C3)C2. The third-order valence-corrected chi connectivity index (χ3v) is 7.15. The van der Waals surface area contributed by atoms with E-state index in [-0.39, 0.29) is 11.4 Å². The zero-order valence-corrected chi connectivity index (χ0v) is 17.3. The number of rotatable bonds is 3. The molecule has 0 spiro atoms. The van der Waals surface area contributed by atoms with Crippen LogP contribution < -0.4 is 10.1 Å². The predicted octanol–water partition coefficient (Wildman–Crippen LogP) is 5.24. The van der Waals surface area contributed by atoms with E-state index >= 15 is 0 Å². The van der Waals surface area contributed by atoms with Crippen LogP contribution in [0.4, 0.5) is 0 Å². The zero-order valence-electron chi connectivity index (χ0n) is 15.7. The van der Waals surface area contributed by atoms with Gasteiger partial charge in [-0.3, -0.25) is 4.79 Å². The minimum absolute atomic E-state index is 0.00963. The molecule has 4 bridgehead atoms. The van der Waals surface area contributed by atoms with Gasteiger partial charge in [0.15, 0.2) is 0 Å². The van der Waals surface area contributed by atoms with Gasteiger partial charge in [-0.1, -0.05) is 29.8 Å². The zero-order chi connectivity index (χ0) is 18.0. The summed E-state index contributed by atoms with van der Waals surface area (Å²) in [4.78, 5) is 13.2. The van der Waals surface area contributed by atoms with Crippen LogP contribution in [0.1, 0.15) is 68.3 Å². The number of ether oxygens (including phenoxy) is 1. The lowest BCUT2D eigenvalue weighted by Crippen LogP contribution is -2.65. The number of nitrogens with one attached hydrogen (secondary N) is 1. The van der Waals surface area contributed by atoms with E-state index in [1.165, 1.54) is 19.3 Å². The Morgan fingerprint density at radius 2 is 1.80 bits per heavy atom. The monoisotopic (exact) mass is 405 g/mol. The average molecular weight is 406 g/mol. The van der Waals surface area contributed by atoms with Crippen molar-refractivity contribution in [2.24, 2.45) is 16.7 Å². The lowest BCUT2D eigenvalue weighted by Gasteiger charge is -2.65. The molecule has 4 heteroatoms. The van der Waals surface area contributed by atoms with Crippen LogP contribution in [0.15, 0.2) is 16.6 Å². The molecule has 0 saturated heterocycles. The maximum atomic E-state index is 13.2. The van der Waals surface area contributed by atoms with Crippen molar-refractivity contribution < 1.29 is 9.53 Å². The van der Waals surface area contributed by atoms with Crippen LogP contribution in [-0.2, 0) is 0 Å². The maximum Gasteiger partial charge on any atom is 0.255 e. The van der Waals surface area contributed by atoms with Gasteiger partial charge in [0.1, 0.15) is 5.75 Å². The molecular weight excluding hydrogens is 378 g/mol. The molecule has 4 aliphatic carbocycles. The number of carbonyl (C=O) groups excluding carboxylic acids is 1. The molecule has 0 aliphatic heterocycles. The summed E-state index contributed by atoms with van der Waals surface area (Å²) in [5.41, 5.74) is 2.35. The normalized spacial score (nSPS) is 38.7. The van der Waals surface area contributed by atoms with Crippen molar-refractivity contribution in [2.45, 2.75) is 64.8 Å². The summed E-state index contributed by atoms with van der Waals surface area (Å²) in [5, 5.41) is 3.48. The summed E-state index contributed by atoms with van der Waals surface area (Å²) < 4.78 is 6.45. The fraction of sp³-hybridized carbons (Fsp3) is 0.667. The Morgan fingerprint density at radius 3 is 2.36 bits per heavy atom. The standard InChI is InChI=1S/C21H28BrNO2/c1-13-5-15(22)6-16(17(13)25-4)18(24)23-21-9-14-7-19(2,11-21)10-20(3,8-14)12-21/h5-6,14H,7-12H2,1-4H3,(H,23,24)/t14?,19-,20+,21?. The molecule has 1 aromatic carbocycles. The summed E-state index contributed by atoms with van der Waals surface area (Å²) in [6, 6.07) is 3.87. The van der Waals surface area contributed by atoms with Crippen molar-refractivity contribution in [3.8, 4) is 5.75 Å². The highest BCUT2D eigenvalue weighted by atomic mass is 79.9. The first-order chi connectivity index (χ1) is 11.6. The highest BCUT2D eigenvalue weighted by Crippen LogP contribution is 2.66. The number of benzene rings is 1. The molecular formula is C21H28BrNO2. The van der Waals surface area contributed by atoms with Crippen molar-refractivity contribution in [1.29, 1.82) is 0 Å². The molecule has 0 radical (unpaired) electrons. The quantitative estimate of drug-likeness (QED) is 0.745. The number of methoxy groups -OCH3 is 1. The molecule has 2 unspecified atom stereocenters. The third-order valence-electron chi connectivity index (χ3n) is 6.69. The van der Waals surface area contributed by atoms with Crippen LogP contribution in [0.2, 0.25) is 0 Å². The van der Waals surface area contributed by atoms with Gasteiger partial charge >= 0.3 is 0 Å². The Bertz CT molecular complexity index is 726. The topological polar surface area (TPSA) is 38.3 Å². The Labute approximate surface area is 159 Å². The van der Waals surface area contributed by atoms with Crippen molar-refractivity contribution in [3.63, 3.8) is 0 Å². The smallest absolute Gasteiger partial charge is 0.255 e. The molecule has 1 aromatic rings. The molecule has 136 valence electrons. The number of halogens is 1. The summed E-state index contributed by atoms with van der Waals surface area (Å²) in [6.45, 7) is 6.84. The van der Waals surface area contributed by atoms with Crippen LogP contribution in [-0.4, -0.2) is 18.6 Å². The first kappa shape index (κ1) is 17.4. The van der Waals surface area contributed by atoms with Crippen molar-refractivity contribution in [1.82, 2.24) is 5.32 Å². The minimum atomic E-state index is -0.0404. The Balaban J connectivity index is 1.66. The van der Waals surface area contributed by atoms with Gasteiger partial charge in [-0.2, -0.15) is 0 Å². The summed E-state index contributed by atoms with van der Waals surface area (Å²) in [5.74, 6) is 1.45. The molecule has 4 fully saturated rings. The number of aryl methyl sites for hydroxylation is 1. The van der Waals surface area contributed by atoms with Gasteiger partial charge in [-0.05, 0) is 79.9 Å². The molecule has 4 atom stereocenters.